The Morgan fingerprint density at radius 2 is 2.03 bits per heavy atom. The van der Waals surface area contributed by atoms with Gasteiger partial charge in [-0.1, -0.05) is 0 Å². The lowest BCUT2D eigenvalue weighted by Crippen LogP contribution is -2.50. The summed E-state index contributed by atoms with van der Waals surface area (Å²) in [6.45, 7) is 1.79. The number of rotatable bonds is 4. The minimum absolute atomic E-state index is 0.0195. The van der Waals surface area contributed by atoms with Gasteiger partial charge in [-0.05, 0) is 57.1 Å². The first-order valence-corrected chi connectivity index (χ1v) is 11.3. The number of hydrogen-bond donors (Lipinski definition) is 2. The Bertz CT molecular complexity index is 938. The first-order valence-electron chi connectivity index (χ1n) is 11.3. The van der Waals surface area contributed by atoms with E-state index in [9.17, 15) is 14.7 Å². The molecule has 2 saturated heterocycles. The Labute approximate surface area is 187 Å². The van der Waals surface area contributed by atoms with E-state index in [1.165, 1.54) is 6.07 Å². The molecule has 1 atom stereocenters. The Kier molecular flexibility index (Phi) is 6.29. The number of aliphatic hydroxyl groups excluding tert-OH is 1. The number of piperidine rings is 1. The molecule has 7 nitrogen and oxygen atoms in total. The normalized spacial score (nSPS) is 28.1. The quantitative estimate of drug-likeness (QED) is 0.698. The Hall–Kier alpha value is -2.79. The molecule has 3 fully saturated rings. The van der Waals surface area contributed by atoms with Crippen LogP contribution in [-0.4, -0.2) is 53.8 Å². The summed E-state index contributed by atoms with van der Waals surface area (Å²) < 4.78 is 20.4. The van der Waals surface area contributed by atoms with Crippen molar-refractivity contribution in [2.24, 2.45) is 11.1 Å². The van der Waals surface area contributed by atoms with Gasteiger partial charge in [0.15, 0.2) is 5.82 Å². The Balaban J connectivity index is 1.55. The van der Waals surface area contributed by atoms with Gasteiger partial charge in [0, 0.05) is 37.7 Å². The molecule has 2 aliphatic heterocycles. The predicted octanol–water partition coefficient (Wildman–Crippen LogP) is 2.58. The molecule has 2 heterocycles. The van der Waals surface area contributed by atoms with E-state index in [0.717, 1.165) is 44.9 Å². The molecule has 1 aliphatic carbocycles. The molecule has 4 rings (SSSR count). The number of halogens is 1. The van der Waals surface area contributed by atoms with Gasteiger partial charge in [-0.15, -0.1) is 12.3 Å². The number of carbonyl (C=O) groups is 2. The van der Waals surface area contributed by atoms with Crippen molar-refractivity contribution in [1.29, 1.82) is 0 Å². The van der Waals surface area contributed by atoms with E-state index in [1.807, 2.05) is 9.80 Å². The topological polar surface area (TPSA) is 96.1 Å². The van der Waals surface area contributed by atoms with E-state index in [2.05, 4.69) is 5.92 Å². The summed E-state index contributed by atoms with van der Waals surface area (Å²) >= 11 is 0. The molecule has 1 aromatic rings. The molecule has 0 aromatic heterocycles. The van der Waals surface area contributed by atoms with Crippen LogP contribution in [0.3, 0.4) is 0 Å². The van der Waals surface area contributed by atoms with E-state index < -0.39 is 17.3 Å². The van der Waals surface area contributed by atoms with Crippen molar-refractivity contribution < 1.29 is 23.8 Å². The smallest absolute Gasteiger partial charge is 0.409 e. The molecule has 0 bridgehead atoms. The fourth-order valence-corrected chi connectivity index (χ4v) is 5.59. The zero-order valence-electron chi connectivity index (χ0n) is 18.2. The average molecular weight is 444 g/mol. The first kappa shape index (κ1) is 22.4. The van der Waals surface area contributed by atoms with E-state index in [0.29, 0.717) is 25.3 Å². The third kappa shape index (κ3) is 4.14. The van der Waals surface area contributed by atoms with Crippen molar-refractivity contribution in [3.63, 3.8) is 0 Å². The molecule has 1 spiro atoms. The van der Waals surface area contributed by atoms with E-state index in [-0.39, 0.29) is 35.8 Å². The van der Waals surface area contributed by atoms with Crippen LogP contribution in [-0.2, 0) is 11.2 Å². The lowest BCUT2D eigenvalue weighted by molar-refractivity contribution is -0.139. The number of hydrogen-bond acceptors (Lipinski definition) is 5. The predicted molar refractivity (Wildman–Crippen MR) is 118 cm³/mol. The molecular weight excluding hydrogens is 413 g/mol. The van der Waals surface area contributed by atoms with E-state index in [1.54, 1.807) is 6.07 Å². The summed E-state index contributed by atoms with van der Waals surface area (Å²) in [5.74, 6) is 2.03. The van der Waals surface area contributed by atoms with Gasteiger partial charge in [0.05, 0.1) is 17.2 Å². The second-order valence-corrected chi connectivity index (χ2v) is 9.19. The summed E-state index contributed by atoms with van der Waals surface area (Å²) in [7, 11) is 0. The fraction of sp³-hybridized carbons (Fsp3) is 0.583. The lowest BCUT2D eigenvalue weighted by Gasteiger charge is -2.41. The molecule has 32 heavy (non-hydrogen) atoms. The monoisotopic (exact) mass is 443 g/mol. The summed E-state index contributed by atoms with van der Waals surface area (Å²) in [5.41, 5.74) is 5.05. The molecule has 3 N–H and O–H groups in total. The number of nitrogens with two attached hydrogens (primary N) is 1. The zero-order chi connectivity index (χ0) is 22.9. The Morgan fingerprint density at radius 1 is 1.28 bits per heavy atom. The van der Waals surface area contributed by atoms with Crippen molar-refractivity contribution in [1.82, 2.24) is 4.90 Å². The van der Waals surface area contributed by atoms with Crippen molar-refractivity contribution in [2.45, 2.75) is 63.5 Å². The molecule has 1 saturated carbocycles. The van der Waals surface area contributed by atoms with Crippen LogP contribution in [0, 0.1) is 23.6 Å². The highest BCUT2D eigenvalue weighted by Crippen LogP contribution is 2.44. The van der Waals surface area contributed by atoms with Crippen LogP contribution < -0.4 is 15.4 Å². The number of benzene rings is 1. The van der Waals surface area contributed by atoms with Crippen molar-refractivity contribution in [3.05, 3.63) is 23.5 Å². The van der Waals surface area contributed by atoms with Crippen LogP contribution >= 0.6 is 0 Å². The Morgan fingerprint density at radius 3 is 2.72 bits per heavy atom. The number of likely N-dealkylation sites (tertiary alicyclic amines) is 1. The van der Waals surface area contributed by atoms with E-state index >= 15 is 4.39 Å². The van der Waals surface area contributed by atoms with Gasteiger partial charge in [0.2, 0.25) is 5.91 Å². The van der Waals surface area contributed by atoms with Crippen LogP contribution in [0.1, 0.15) is 50.5 Å². The first-order chi connectivity index (χ1) is 15.3. The van der Waals surface area contributed by atoms with Crippen LogP contribution in [0.15, 0.2) is 12.1 Å². The van der Waals surface area contributed by atoms with Crippen LogP contribution in [0.25, 0.3) is 0 Å². The third-order valence-electron chi connectivity index (χ3n) is 7.24. The van der Waals surface area contributed by atoms with Gasteiger partial charge >= 0.3 is 6.09 Å². The average Bonchev–Trinajstić information content (AvgIpc) is 3.06. The molecular formula is C24H30FN3O4. The van der Waals surface area contributed by atoms with Gasteiger partial charge in [-0.2, -0.15) is 0 Å². The van der Waals surface area contributed by atoms with Gasteiger partial charge in [0.1, 0.15) is 5.75 Å². The number of nitrogens with zero attached hydrogens (tertiary/aromatic N) is 2. The maximum absolute atomic E-state index is 15.4. The largest absolute Gasteiger partial charge is 0.410 e. The maximum Gasteiger partial charge on any atom is 0.409 e. The molecule has 0 radical (unpaired) electrons. The highest BCUT2D eigenvalue weighted by atomic mass is 19.1. The number of terminal acetylenes is 1. The fourth-order valence-electron chi connectivity index (χ4n) is 5.59. The van der Waals surface area contributed by atoms with Gasteiger partial charge in [-0.3, -0.25) is 4.79 Å². The summed E-state index contributed by atoms with van der Waals surface area (Å²) in [5, 5.41) is 9.80. The standard InChI is InChI=1S/C24H30FN3O4/c1-2-4-18-20(32-23(26)31)10-9-19(21(18)25)27-13-3-11-24(15-27)12-14-28(22(24)30)16-5-7-17(29)8-6-16/h1,9-10,16-17,29H,3-8,11-15H2,(H2,26,31). The SMILES string of the molecule is C#CCc1c(OC(N)=O)ccc(N2CCCC3(CCN(C4CCC(O)CC4)C3=O)C2)c1F. The van der Waals surface area contributed by atoms with Crippen LogP contribution in [0.4, 0.5) is 14.9 Å². The van der Waals surface area contributed by atoms with Crippen molar-refractivity contribution >= 4 is 17.7 Å². The zero-order valence-corrected chi connectivity index (χ0v) is 18.2. The lowest BCUT2D eigenvalue weighted by atomic mass is 9.78. The number of anilines is 1. The molecule has 3 aliphatic rings. The number of aliphatic hydroxyl groups is 1. The second kappa shape index (κ2) is 8.99. The molecule has 2 amide bonds. The number of carbonyl (C=O) groups excluding carboxylic acids is 2. The summed E-state index contributed by atoms with van der Waals surface area (Å²) in [4.78, 5) is 28.6. The minimum Gasteiger partial charge on any atom is -0.410 e. The maximum atomic E-state index is 15.4. The van der Waals surface area contributed by atoms with Crippen LogP contribution in [0.2, 0.25) is 0 Å². The second-order valence-electron chi connectivity index (χ2n) is 9.19. The molecule has 8 heteroatoms. The van der Waals surface area contributed by atoms with Gasteiger partial charge in [0.25, 0.3) is 0 Å². The summed E-state index contributed by atoms with van der Waals surface area (Å²) in [6, 6.07) is 3.25. The molecule has 1 aromatic carbocycles. The van der Waals surface area contributed by atoms with Crippen molar-refractivity contribution in [3.8, 4) is 18.1 Å². The third-order valence-corrected chi connectivity index (χ3v) is 7.24. The highest BCUT2D eigenvalue weighted by molar-refractivity contribution is 5.86. The summed E-state index contributed by atoms with van der Waals surface area (Å²) in [6.07, 6.45) is 9.52. The van der Waals surface area contributed by atoms with Gasteiger partial charge in [-0.25, -0.2) is 9.18 Å². The number of ether oxygens (including phenoxy) is 1. The number of amides is 2. The van der Waals surface area contributed by atoms with E-state index in [4.69, 9.17) is 16.9 Å². The van der Waals surface area contributed by atoms with Gasteiger partial charge < -0.3 is 25.4 Å². The molecule has 172 valence electrons. The number of primary amides is 1. The molecule has 1 unspecified atom stereocenters. The highest BCUT2D eigenvalue weighted by Gasteiger charge is 2.51. The van der Waals surface area contributed by atoms with Crippen molar-refractivity contribution in [2.75, 3.05) is 24.5 Å². The van der Waals surface area contributed by atoms with Crippen LogP contribution in [0.5, 0.6) is 5.75 Å². The minimum atomic E-state index is -1.03.